The molecule has 126 valence electrons. The Hall–Kier alpha value is -1.14. The van der Waals surface area contributed by atoms with Crippen LogP contribution in [-0.2, 0) is 14.2 Å². The van der Waals surface area contributed by atoms with Gasteiger partial charge in [-0.05, 0) is 37.9 Å². The third kappa shape index (κ3) is 9.73. The number of hydrogen-bond acceptors (Lipinski definition) is 5. The summed E-state index contributed by atoms with van der Waals surface area (Å²) in [6.07, 6.45) is 1.89. The molecule has 0 aliphatic heterocycles. The molecule has 5 heteroatoms. The highest BCUT2D eigenvalue weighted by molar-refractivity contribution is 5.49. The Morgan fingerprint density at radius 1 is 0.864 bits per heavy atom. The molecule has 5 nitrogen and oxygen atoms in total. The molecule has 0 aliphatic carbocycles. The van der Waals surface area contributed by atoms with Crippen molar-refractivity contribution in [3.63, 3.8) is 0 Å². The molecule has 0 heterocycles. The van der Waals surface area contributed by atoms with E-state index in [1.165, 1.54) is 11.3 Å². The van der Waals surface area contributed by atoms with Crippen LogP contribution in [0.5, 0.6) is 0 Å². The van der Waals surface area contributed by atoms with Crippen LogP contribution in [0.25, 0.3) is 0 Å². The van der Waals surface area contributed by atoms with Gasteiger partial charge in [-0.3, -0.25) is 0 Å². The van der Waals surface area contributed by atoms with Gasteiger partial charge in [0.25, 0.3) is 0 Å². The van der Waals surface area contributed by atoms with Crippen LogP contribution in [0.15, 0.2) is 24.3 Å². The maximum Gasteiger partial charge on any atom is 0.0701 e. The Labute approximate surface area is 134 Å². The molecule has 0 saturated carbocycles. The van der Waals surface area contributed by atoms with Crippen LogP contribution in [-0.4, -0.2) is 52.7 Å². The quantitative estimate of drug-likeness (QED) is 0.516. The summed E-state index contributed by atoms with van der Waals surface area (Å²) in [5.41, 5.74) is 7.83. The lowest BCUT2D eigenvalue weighted by Crippen LogP contribution is -2.12. The number of nitrogens with one attached hydrogen (secondary N) is 1. The molecule has 0 amide bonds. The van der Waals surface area contributed by atoms with Crippen LogP contribution in [0, 0.1) is 6.92 Å². The van der Waals surface area contributed by atoms with E-state index in [1.54, 1.807) is 0 Å². The number of anilines is 1. The highest BCUT2D eigenvalue weighted by Gasteiger charge is 1.95. The normalized spacial score (nSPS) is 10.8. The van der Waals surface area contributed by atoms with Gasteiger partial charge in [-0.15, -0.1) is 0 Å². The van der Waals surface area contributed by atoms with E-state index in [0.29, 0.717) is 39.6 Å². The molecule has 3 N–H and O–H groups in total. The minimum absolute atomic E-state index is 0.614. The van der Waals surface area contributed by atoms with Gasteiger partial charge in [0.1, 0.15) is 0 Å². The van der Waals surface area contributed by atoms with Crippen LogP contribution in [0.4, 0.5) is 5.69 Å². The van der Waals surface area contributed by atoms with Crippen molar-refractivity contribution in [1.82, 2.24) is 0 Å². The summed E-state index contributed by atoms with van der Waals surface area (Å²) >= 11 is 0. The van der Waals surface area contributed by atoms with Gasteiger partial charge in [0.05, 0.1) is 26.4 Å². The molecule has 0 unspecified atom stereocenters. The predicted molar refractivity (Wildman–Crippen MR) is 90.4 cm³/mol. The first kappa shape index (κ1) is 18.9. The molecule has 0 aliphatic rings. The largest absolute Gasteiger partial charge is 0.385 e. The first-order chi connectivity index (χ1) is 10.8. The van der Waals surface area contributed by atoms with E-state index in [1.807, 2.05) is 12.1 Å². The molecule has 22 heavy (non-hydrogen) atoms. The number of rotatable bonds is 14. The van der Waals surface area contributed by atoms with E-state index in [9.17, 15) is 0 Å². The Morgan fingerprint density at radius 2 is 1.45 bits per heavy atom. The van der Waals surface area contributed by atoms with Gasteiger partial charge in [-0.25, -0.2) is 0 Å². The lowest BCUT2D eigenvalue weighted by atomic mass is 10.2. The van der Waals surface area contributed by atoms with Crippen LogP contribution < -0.4 is 11.1 Å². The average molecular weight is 310 g/mol. The van der Waals surface area contributed by atoms with E-state index in [0.717, 1.165) is 26.0 Å². The number of nitrogens with two attached hydrogens (primary N) is 1. The van der Waals surface area contributed by atoms with E-state index in [2.05, 4.69) is 24.4 Å². The standard InChI is InChI=1S/C17H30N2O3/c1-16-6-2-3-7-17(16)19-9-5-11-21-13-15-22-14-12-20-10-4-8-18/h2-3,6-7,19H,4-5,8-15,18H2,1H3. The van der Waals surface area contributed by atoms with Crippen molar-refractivity contribution in [3.05, 3.63) is 29.8 Å². The third-order valence-corrected chi connectivity index (χ3v) is 3.16. The summed E-state index contributed by atoms with van der Waals surface area (Å²) in [7, 11) is 0. The number of benzene rings is 1. The molecule has 0 radical (unpaired) electrons. The van der Waals surface area contributed by atoms with E-state index >= 15 is 0 Å². The van der Waals surface area contributed by atoms with E-state index in [4.69, 9.17) is 19.9 Å². The molecule has 0 spiro atoms. The average Bonchev–Trinajstić information content (AvgIpc) is 2.53. The monoisotopic (exact) mass is 310 g/mol. The summed E-state index contributed by atoms with van der Waals surface area (Å²) in [6, 6.07) is 8.30. The molecule has 1 aromatic carbocycles. The summed E-state index contributed by atoms with van der Waals surface area (Å²) < 4.78 is 16.3. The summed E-state index contributed by atoms with van der Waals surface area (Å²) in [6.45, 7) is 7.64. The number of aryl methyl sites for hydroxylation is 1. The van der Waals surface area contributed by atoms with Crippen molar-refractivity contribution in [2.75, 3.05) is 58.0 Å². The van der Waals surface area contributed by atoms with Crippen molar-refractivity contribution < 1.29 is 14.2 Å². The second kappa shape index (κ2) is 13.5. The number of para-hydroxylation sites is 1. The maximum absolute atomic E-state index is 5.52. The molecule has 0 saturated heterocycles. The Bertz CT molecular complexity index is 375. The van der Waals surface area contributed by atoms with E-state index < -0.39 is 0 Å². The number of ether oxygens (including phenoxy) is 3. The highest BCUT2D eigenvalue weighted by Crippen LogP contribution is 2.12. The van der Waals surface area contributed by atoms with Crippen molar-refractivity contribution in [2.45, 2.75) is 19.8 Å². The molecule has 0 bridgehead atoms. The molecule has 0 aromatic heterocycles. The molecule has 0 fully saturated rings. The highest BCUT2D eigenvalue weighted by atomic mass is 16.5. The minimum atomic E-state index is 0.614. The lowest BCUT2D eigenvalue weighted by Gasteiger charge is -2.09. The smallest absolute Gasteiger partial charge is 0.0701 e. The van der Waals surface area contributed by atoms with Crippen LogP contribution in [0.2, 0.25) is 0 Å². The van der Waals surface area contributed by atoms with Crippen LogP contribution in [0.1, 0.15) is 18.4 Å². The van der Waals surface area contributed by atoms with Crippen molar-refractivity contribution >= 4 is 5.69 Å². The van der Waals surface area contributed by atoms with Crippen molar-refractivity contribution in [1.29, 1.82) is 0 Å². The van der Waals surface area contributed by atoms with Gasteiger partial charge in [-0.1, -0.05) is 18.2 Å². The van der Waals surface area contributed by atoms with Gasteiger partial charge < -0.3 is 25.3 Å². The summed E-state index contributed by atoms with van der Waals surface area (Å²) in [4.78, 5) is 0. The van der Waals surface area contributed by atoms with Crippen LogP contribution >= 0.6 is 0 Å². The fourth-order valence-electron chi connectivity index (χ4n) is 1.90. The molecular formula is C17H30N2O3. The fourth-order valence-corrected chi connectivity index (χ4v) is 1.90. The summed E-state index contributed by atoms with van der Waals surface area (Å²) in [5.74, 6) is 0. The van der Waals surface area contributed by atoms with Gasteiger partial charge in [0.2, 0.25) is 0 Å². The third-order valence-electron chi connectivity index (χ3n) is 3.16. The SMILES string of the molecule is Cc1ccccc1NCCCOCCOCCOCCCN. The Kier molecular flexibility index (Phi) is 11.6. The molecule has 1 rings (SSSR count). The maximum atomic E-state index is 5.52. The fraction of sp³-hybridized carbons (Fsp3) is 0.647. The second-order valence-electron chi connectivity index (χ2n) is 5.07. The topological polar surface area (TPSA) is 65.7 Å². The Morgan fingerprint density at radius 3 is 2.09 bits per heavy atom. The lowest BCUT2D eigenvalue weighted by molar-refractivity contribution is 0.0144. The number of hydrogen-bond donors (Lipinski definition) is 2. The van der Waals surface area contributed by atoms with Crippen LogP contribution in [0.3, 0.4) is 0 Å². The zero-order chi connectivity index (χ0) is 15.9. The second-order valence-corrected chi connectivity index (χ2v) is 5.07. The van der Waals surface area contributed by atoms with Gasteiger partial charge in [0, 0.05) is 25.4 Å². The Balaban J connectivity index is 1.81. The van der Waals surface area contributed by atoms with Crippen molar-refractivity contribution in [2.24, 2.45) is 5.73 Å². The first-order valence-corrected chi connectivity index (χ1v) is 8.07. The first-order valence-electron chi connectivity index (χ1n) is 8.07. The van der Waals surface area contributed by atoms with E-state index in [-0.39, 0.29) is 0 Å². The molecule has 1 aromatic rings. The van der Waals surface area contributed by atoms with Gasteiger partial charge in [0.15, 0.2) is 0 Å². The van der Waals surface area contributed by atoms with Gasteiger partial charge >= 0.3 is 0 Å². The van der Waals surface area contributed by atoms with Crippen molar-refractivity contribution in [3.8, 4) is 0 Å². The minimum Gasteiger partial charge on any atom is -0.385 e. The zero-order valence-electron chi connectivity index (χ0n) is 13.7. The molecular weight excluding hydrogens is 280 g/mol. The van der Waals surface area contributed by atoms with Gasteiger partial charge in [-0.2, -0.15) is 0 Å². The predicted octanol–water partition coefficient (Wildman–Crippen LogP) is 2.20. The molecule has 0 atom stereocenters. The summed E-state index contributed by atoms with van der Waals surface area (Å²) in [5, 5.41) is 3.41. The zero-order valence-corrected chi connectivity index (χ0v) is 13.7.